The standard InChI is InChI=1S/C25H27NO7S/c1-4-16-5-7-21-19(11-16)20(27)13-24(33-21)25(28)26(18-9-10-34(29,30)15-18)14-17-6-8-22(31-2)23(12-17)32-3/h5-8,11-13,18H,4,9-10,14-15H2,1-3H3/t18-/m1/s1. The van der Waals surface area contributed by atoms with E-state index < -0.39 is 21.8 Å². The monoisotopic (exact) mass is 485 g/mol. The third-order valence-corrected chi connectivity index (χ3v) is 7.87. The molecule has 1 saturated heterocycles. The highest BCUT2D eigenvalue weighted by molar-refractivity contribution is 7.91. The van der Waals surface area contributed by atoms with Crippen LogP contribution in [-0.4, -0.2) is 51.0 Å². The molecular weight excluding hydrogens is 458 g/mol. The Morgan fingerprint density at radius 3 is 2.44 bits per heavy atom. The number of sulfone groups is 1. The van der Waals surface area contributed by atoms with Gasteiger partial charge in [-0.3, -0.25) is 9.59 Å². The maximum Gasteiger partial charge on any atom is 0.290 e. The Bertz CT molecular complexity index is 1390. The lowest BCUT2D eigenvalue weighted by Crippen LogP contribution is -2.41. The lowest BCUT2D eigenvalue weighted by atomic mass is 10.1. The molecule has 0 saturated carbocycles. The van der Waals surface area contributed by atoms with Gasteiger partial charge < -0.3 is 18.8 Å². The molecule has 4 rings (SSSR count). The number of benzene rings is 2. The summed E-state index contributed by atoms with van der Waals surface area (Å²) in [6.07, 6.45) is 1.09. The smallest absolute Gasteiger partial charge is 0.290 e. The van der Waals surface area contributed by atoms with Crippen LogP contribution in [0.4, 0.5) is 0 Å². The van der Waals surface area contributed by atoms with E-state index in [0.29, 0.717) is 28.9 Å². The second-order valence-corrected chi connectivity index (χ2v) is 10.6. The predicted octanol–water partition coefficient (Wildman–Crippen LogP) is 3.20. The van der Waals surface area contributed by atoms with Crippen LogP contribution < -0.4 is 14.9 Å². The predicted molar refractivity (Wildman–Crippen MR) is 128 cm³/mol. The van der Waals surface area contributed by atoms with E-state index in [0.717, 1.165) is 17.5 Å². The van der Waals surface area contributed by atoms with E-state index >= 15 is 0 Å². The Morgan fingerprint density at radius 2 is 1.79 bits per heavy atom. The van der Waals surface area contributed by atoms with E-state index in [-0.39, 0.29) is 29.2 Å². The second-order valence-electron chi connectivity index (χ2n) is 8.34. The molecule has 0 radical (unpaired) electrons. The van der Waals surface area contributed by atoms with Crippen molar-refractivity contribution in [2.45, 2.75) is 32.4 Å². The van der Waals surface area contributed by atoms with Crippen LogP contribution in [0.1, 0.15) is 35.0 Å². The van der Waals surface area contributed by atoms with Gasteiger partial charge in [-0.15, -0.1) is 0 Å². The first-order chi connectivity index (χ1) is 16.2. The fourth-order valence-corrected chi connectivity index (χ4v) is 5.96. The molecule has 2 aromatic carbocycles. The average Bonchev–Trinajstić information content (AvgIpc) is 3.20. The zero-order chi connectivity index (χ0) is 24.5. The maximum absolute atomic E-state index is 13.6. The van der Waals surface area contributed by atoms with Crippen molar-refractivity contribution in [2.75, 3.05) is 25.7 Å². The second kappa shape index (κ2) is 9.50. The van der Waals surface area contributed by atoms with E-state index in [1.807, 2.05) is 13.0 Å². The largest absolute Gasteiger partial charge is 0.493 e. The number of carbonyl (C=O) groups excluding carboxylic acids is 1. The molecule has 1 aliphatic heterocycles. The van der Waals surface area contributed by atoms with Gasteiger partial charge in [0.1, 0.15) is 5.58 Å². The zero-order valence-electron chi connectivity index (χ0n) is 19.4. The minimum absolute atomic E-state index is 0.00877. The Kier molecular flexibility index (Phi) is 6.65. The van der Waals surface area contributed by atoms with Gasteiger partial charge in [0.25, 0.3) is 5.91 Å². The first-order valence-corrected chi connectivity index (χ1v) is 12.9. The van der Waals surface area contributed by atoms with Crippen LogP contribution in [0.3, 0.4) is 0 Å². The van der Waals surface area contributed by atoms with Crippen molar-refractivity contribution in [3.8, 4) is 11.5 Å². The van der Waals surface area contributed by atoms with Crippen molar-refractivity contribution >= 4 is 26.7 Å². The molecule has 0 unspecified atom stereocenters. The Hall–Kier alpha value is -3.33. The summed E-state index contributed by atoms with van der Waals surface area (Å²) in [5.74, 6) is 0.260. The Morgan fingerprint density at radius 1 is 1.06 bits per heavy atom. The summed E-state index contributed by atoms with van der Waals surface area (Å²) in [6.45, 7) is 2.11. The molecule has 1 aromatic heterocycles. The number of rotatable bonds is 7. The van der Waals surface area contributed by atoms with Gasteiger partial charge in [-0.1, -0.05) is 19.1 Å². The van der Waals surface area contributed by atoms with Gasteiger partial charge in [-0.05, 0) is 48.2 Å². The third-order valence-electron chi connectivity index (χ3n) is 6.12. The third kappa shape index (κ3) is 4.79. The van der Waals surface area contributed by atoms with Crippen molar-refractivity contribution in [3.05, 3.63) is 69.6 Å². The van der Waals surface area contributed by atoms with Crippen LogP contribution in [0, 0.1) is 0 Å². The normalized spacial score (nSPS) is 17.0. The molecule has 0 spiro atoms. The van der Waals surface area contributed by atoms with Crippen molar-refractivity contribution in [1.82, 2.24) is 4.90 Å². The van der Waals surface area contributed by atoms with Crippen LogP contribution in [-0.2, 0) is 22.8 Å². The molecule has 1 amide bonds. The summed E-state index contributed by atoms with van der Waals surface area (Å²) in [7, 11) is -0.208. The van der Waals surface area contributed by atoms with Gasteiger partial charge in [0.05, 0.1) is 31.1 Å². The van der Waals surface area contributed by atoms with Crippen molar-refractivity contribution < 1.29 is 27.1 Å². The number of ether oxygens (including phenoxy) is 2. The van der Waals surface area contributed by atoms with E-state index in [4.69, 9.17) is 13.9 Å². The lowest BCUT2D eigenvalue weighted by molar-refractivity contribution is 0.0648. The average molecular weight is 486 g/mol. The molecule has 0 aliphatic carbocycles. The summed E-state index contributed by atoms with van der Waals surface area (Å²) in [4.78, 5) is 27.8. The molecule has 3 aromatic rings. The summed E-state index contributed by atoms with van der Waals surface area (Å²) in [5.41, 5.74) is 1.72. The summed E-state index contributed by atoms with van der Waals surface area (Å²) < 4.78 is 40.8. The summed E-state index contributed by atoms with van der Waals surface area (Å²) in [5, 5.41) is 0.408. The summed E-state index contributed by atoms with van der Waals surface area (Å²) >= 11 is 0. The number of nitrogens with zero attached hydrogens (tertiary/aromatic N) is 1. The maximum atomic E-state index is 13.6. The first-order valence-electron chi connectivity index (χ1n) is 11.0. The van der Waals surface area contributed by atoms with E-state index in [1.165, 1.54) is 25.2 Å². The zero-order valence-corrected chi connectivity index (χ0v) is 20.2. The molecule has 1 aliphatic rings. The molecule has 8 nitrogen and oxygen atoms in total. The number of aryl methyl sites for hydroxylation is 1. The van der Waals surface area contributed by atoms with Crippen molar-refractivity contribution in [2.24, 2.45) is 0 Å². The number of methoxy groups -OCH3 is 2. The number of fused-ring (bicyclic) bond motifs is 1. The molecule has 0 bridgehead atoms. The van der Waals surface area contributed by atoms with Gasteiger partial charge in [-0.25, -0.2) is 8.42 Å². The number of carbonyl (C=O) groups is 1. The van der Waals surface area contributed by atoms with E-state index in [1.54, 1.807) is 30.3 Å². The quantitative estimate of drug-likeness (QED) is 0.506. The van der Waals surface area contributed by atoms with Crippen LogP contribution in [0.2, 0.25) is 0 Å². The molecule has 2 heterocycles. The Labute approximate surface area is 198 Å². The molecule has 180 valence electrons. The number of amides is 1. The molecule has 1 fully saturated rings. The molecule has 9 heteroatoms. The van der Waals surface area contributed by atoms with E-state index in [2.05, 4.69) is 0 Å². The fraction of sp³-hybridized carbons (Fsp3) is 0.360. The molecule has 1 atom stereocenters. The fourth-order valence-electron chi connectivity index (χ4n) is 4.23. The topological polar surface area (TPSA) is 103 Å². The van der Waals surface area contributed by atoms with Crippen LogP contribution >= 0.6 is 0 Å². The first kappa shape index (κ1) is 23.8. The van der Waals surface area contributed by atoms with Gasteiger partial charge in [0.15, 0.2) is 32.5 Å². The van der Waals surface area contributed by atoms with Crippen molar-refractivity contribution in [3.63, 3.8) is 0 Å². The SMILES string of the molecule is CCc1ccc2oc(C(=O)N(Cc3ccc(OC)c(OC)c3)[C@@H]3CCS(=O)(=O)C3)cc(=O)c2c1. The minimum Gasteiger partial charge on any atom is -0.493 e. The molecular formula is C25H27NO7S. The van der Waals surface area contributed by atoms with Gasteiger partial charge in [0, 0.05) is 18.7 Å². The van der Waals surface area contributed by atoms with Crippen LogP contribution in [0.25, 0.3) is 11.0 Å². The number of hydrogen-bond donors (Lipinski definition) is 0. The Balaban J connectivity index is 1.73. The van der Waals surface area contributed by atoms with Crippen LogP contribution in [0.5, 0.6) is 11.5 Å². The molecule has 34 heavy (non-hydrogen) atoms. The number of hydrogen-bond acceptors (Lipinski definition) is 7. The van der Waals surface area contributed by atoms with Crippen molar-refractivity contribution in [1.29, 1.82) is 0 Å². The lowest BCUT2D eigenvalue weighted by Gasteiger charge is -2.28. The van der Waals surface area contributed by atoms with Crippen LogP contribution in [0.15, 0.2) is 51.7 Å². The highest BCUT2D eigenvalue weighted by atomic mass is 32.2. The van der Waals surface area contributed by atoms with Gasteiger partial charge >= 0.3 is 0 Å². The van der Waals surface area contributed by atoms with Gasteiger partial charge in [-0.2, -0.15) is 0 Å². The molecule has 0 N–H and O–H groups in total. The highest BCUT2D eigenvalue weighted by Gasteiger charge is 2.36. The van der Waals surface area contributed by atoms with E-state index in [9.17, 15) is 18.0 Å². The summed E-state index contributed by atoms with van der Waals surface area (Å²) in [6, 6.07) is 11.2. The van der Waals surface area contributed by atoms with Gasteiger partial charge in [0.2, 0.25) is 0 Å². The highest BCUT2D eigenvalue weighted by Crippen LogP contribution is 2.30. The minimum atomic E-state index is -3.25.